The van der Waals surface area contributed by atoms with Gasteiger partial charge in [0.25, 0.3) is 0 Å². The summed E-state index contributed by atoms with van der Waals surface area (Å²) in [5.41, 5.74) is 4.84. The van der Waals surface area contributed by atoms with Crippen molar-refractivity contribution in [1.82, 2.24) is 4.98 Å². The van der Waals surface area contributed by atoms with E-state index in [4.69, 9.17) is 22.7 Å². The lowest BCUT2D eigenvalue weighted by atomic mass is 10.2. The van der Waals surface area contributed by atoms with Crippen LogP contribution >= 0.6 is 11.6 Å². The van der Waals surface area contributed by atoms with Gasteiger partial charge in [-0.1, -0.05) is 11.6 Å². The number of pyridine rings is 1. The maximum Gasteiger partial charge on any atom is 0.140 e. The van der Waals surface area contributed by atoms with Crippen LogP contribution in [0.3, 0.4) is 0 Å². The molecule has 0 saturated heterocycles. The molecule has 2 rings (SSSR count). The zero-order chi connectivity index (χ0) is 14.5. The molecule has 2 aromatic rings. The maximum absolute atomic E-state index is 8.79. The molecule has 6 heteroatoms. The van der Waals surface area contributed by atoms with Crippen molar-refractivity contribution < 1.29 is 0 Å². The summed E-state index contributed by atoms with van der Waals surface area (Å²) < 4.78 is 0. The number of nitrogens with two attached hydrogens (primary N) is 1. The second-order valence-electron chi connectivity index (χ2n) is 4.28. The normalized spacial score (nSPS) is 9.90. The molecule has 20 heavy (non-hydrogen) atoms. The molecular weight excluding hydrogens is 274 g/mol. The van der Waals surface area contributed by atoms with Gasteiger partial charge in [0.1, 0.15) is 5.82 Å². The van der Waals surface area contributed by atoms with Crippen molar-refractivity contribution in [3.63, 3.8) is 0 Å². The fourth-order valence-electron chi connectivity index (χ4n) is 1.78. The lowest BCUT2D eigenvalue weighted by Crippen LogP contribution is -2.18. The van der Waals surface area contributed by atoms with Crippen molar-refractivity contribution in [2.45, 2.75) is 6.54 Å². The van der Waals surface area contributed by atoms with Crippen LogP contribution in [-0.2, 0) is 6.54 Å². The molecule has 1 aromatic carbocycles. The van der Waals surface area contributed by atoms with Crippen molar-refractivity contribution in [2.75, 3.05) is 17.4 Å². The number of aromatic nitrogens is 1. The van der Waals surface area contributed by atoms with Gasteiger partial charge >= 0.3 is 0 Å². The number of hydrazine groups is 1. The van der Waals surface area contributed by atoms with Gasteiger partial charge in [-0.3, -0.25) is 0 Å². The van der Waals surface area contributed by atoms with Gasteiger partial charge in [-0.15, -0.1) is 0 Å². The summed E-state index contributed by atoms with van der Waals surface area (Å²) in [6, 6.07) is 12.9. The highest BCUT2D eigenvalue weighted by Gasteiger charge is 2.08. The Kier molecular flexibility index (Phi) is 4.41. The maximum atomic E-state index is 8.79. The van der Waals surface area contributed by atoms with E-state index in [1.54, 1.807) is 24.3 Å². The lowest BCUT2D eigenvalue weighted by molar-refractivity contribution is 0.885. The third kappa shape index (κ3) is 3.18. The molecular formula is C14H14ClN5. The van der Waals surface area contributed by atoms with Crippen LogP contribution < -0.4 is 16.2 Å². The molecule has 0 aliphatic heterocycles. The third-order valence-electron chi connectivity index (χ3n) is 2.89. The van der Waals surface area contributed by atoms with Gasteiger partial charge < -0.3 is 10.3 Å². The highest BCUT2D eigenvalue weighted by atomic mass is 35.5. The molecule has 0 bridgehead atoms. The summed E-state index contributed by atoms with van der Waals surface area (Å²) in [7, 11) is 1.93. The molecule has 0 unspecified atom stereocenters. The minimum absolute atomic E-state index is 0.542. The zero-order valence-electron chi connectivity index (χ0n) is 11.0. The minimum atomic E-state index is 0.542. The minimum Gasteiger partial charge on any atom is -0.369 e. The Morgan fingerprint density at radius 2 is 2.00 bits per heavy atom. The van der Waals surface area contributed by atoms with Gasteiger partial charge in [0.05, 0.1) is 28.9 Å². The topological polar surface area (TPSA) is 78.0 Å². The summed E-state index contributed by atoms with van der Waals surface area (Å²) in [6.45, 7) is 0.542. The van der Waals surface area contributed by atoms with E-state index in [9.17, 15) is 0 Å². The summed E-state index contributed by atoms with van der Waals surface area (Å²) in [4.78, 5) is 6.32. The molecule has 1 heterocycles. The van der Waals surface area contributed by atoms with Crippen LogP contribution in [0.25, 0.3) is 0 Å². The Morgan fingerprint density at radius 1 is 1.30 bits per heavy atom. The van der Waals surface area contributed by atoms with E-state index in [1.165, 1.54) is 0 Å². The SMILES string of the molecule is CN(Cc1nc(NN)ccc1Cl)c1ccc(C#N)cc1. The Balaban J connectivity index is 2.18. The number of rotatable bonds is 4. The fourth-order valence-corrected chi connectivity index (χ4v) is 1.95. The summed E-state index contributed by atoms with van der Waals surface area (Å²) >= 11 is 6.13. The van der Waals surface area contributed by atoms with Crippen LogP contribution in [0.5, 0.6) is 0 Å². The van der Waals surface area contributed by atoms with E-state index in [0.717, 1.165) is 11.4 Å². The van der Waals surface area contributed by atoms with E-state index in [2.05, 4.69) is 16.5 Å². The molecule has 3 N–H and O–H groups in total. The van der Waals surface area contributed by atoms with Crippen molar-refractivity contribution in [1.29, 1.82) is 5.26 Å². The Hall–Kier alpha value is -2.29. The first-order valence-corrected chi connectivity index (χ1v) is 6.35. The van der Waals surface area contributed by atoms with Gasteiger partial charge in [0, 0.05) is 12.7 Å². The summed E-state index contributed by atoms with van der Waals surface area (Å²) in [6.07, 6.45) is 0. The highest BCUT2D eigenvalue weighted by Crippen LogP contribution is 2.21. The predicted octanol–water partition coefficient (Wildman–Crippen LogP) is 2.53. The molecule has 0 aliphatic carbocycles. The number of nitrogens with one attached hydrogen (secondary N) is 1. The number of nitriles is 1. The molecule has 0 spiro atoms. The van der Waals surface area contributed by atoms with Gasteiger partial charge in [-0.2, -0.15) is 5.26 Å². The lowest BCUT2D eigenvalue weighted by Gasteiger charge is -2.19. The van der Waals surface area contributed by atoms with E-state index >= 15 is 0 Å². The second-order valence-corrected chi connectivity index (χ2v) is 4.69. The first kappa shape index (κ1) is 14.1. The number of nitrogen functional groups attached to an aromatic ring is 1. The third-order valence-corrected chi connectivity index (χ3v) is 3.23. The first-order valence-electron chi connectivity index (χ1n) is 5.97. The number of anilines is 2. The molecule has 0 fully saturated rings. The Bertz CT molecular complexity index is 633. The molecule has 0 amide bonds. The Morgan fingerprint density at radius 3 is 2.60 bits per heavy atom. The predicted molar refractivity (Wildman–Crippen MR) is 80.3 cm³/mol. The summed E-state index contributed by atoms with van der Waals surface area (Å²) in [5.74, 6) is 5.91. The Labute approximate surface area is 122 Å². The van der Waals surface area contributed by atoms with E-state index in [-0.39, 0.29) is 0 Å². The smallest absolute Gasteiger partial charge is 0.140 e. The summed E-state index contributed by atoms with van der Waals surface area (Å²) in [5, 5.41) is 9.37. The van der Waals surface area contributed by atoms with Gasteiger partial charge in [-0.25, -0.2) is 10.8 Å². The molecule has 102 valence electrons. The number of hydrogen-bond donors (Lipinski definition) is 2. The van der Waals surface area contributed by atoms with E-state index < -0.39 is 0 Å². The molecule has 0 saturated carbocycles. The number of hydrogen-bond acceptors (Lipinski definition) is 5. The van der Waals surface area contributed by atoms with Crippen LogP contribution in [0.15, 0.2) is 36.4 Å². The van der Waals surface area contributed by atoms with E-state index in [0.29, 0.717) is 22.9 Å². The van der Waals surface area contributed by atoms with Crippen LogP contribution in [0.4, 0.5) is 11.5 Å². The first-order chi connectivity index (χ1) is 9.63. The van der Waals surface area contributed by atoms with Crippen LogP contribution in [0, 0.1) is 11.3 Å². The molecule has 5 nitrogen and oxygen atoms in total. The van der Waals surface area contributed by atoms with Crippen LogP contribution in [0.1, 0.15) is 11.3 Å². The second kappa shape index (κ2) is 6.24. The van der Waals surface area contributed by atoms with Crippen LogP contribution in [0.2, 0.25) is 5.02 Å². The average molecular weight is 288 g/mol. The quantitative estimate of drug-likeness (QED) is 0.667. The monoisotopic (exact) mass is 287 g/mol. The molecule has 1 aromatic heterocycles. The fraction of sp³-hybridized carbons (Fsp3) is 0.143. The van der Waals surface area contributed by atoms with E-state index in [1.807, 2.05) is 24.1 Å². The molecule has 0 atom stereocenters. The number of benzene rings is 1. The highest BCUT2D eigenvalue weighted by molar-refractivity contribution is 6.31. The van der Waals surface area contributed by atoms with Gasteiger partial charge in [0.2, 0.25) is 0 Å². The van der Waals surface area contributed by atoms with Crippen molar-refractivity contribution >= 4 is 23.1 Å². The average Bonchev–Trinajstić information content (AvgIpc) is 2.49. The molecule has 0 radical (unpaired) electrons. The number of nitrogens with zero attached hydrogens (tertiary/aromatic N) is 3. The van der Waals surface area contributed by atoms with Crippen molar-refractivity contribution in [3.8, 4) is 6.07 Å². The number of halogens is 1. The standard InChI is InChI=1S/C14H14ClN5/c1-20(11-4-2-10(8-16)3-5-11)9-13-12(15)6-7-14(18-13)19-17/h2-7H,9,17H2,1H3,(H,18,19). The van der Waals surface area contributed by atoms with Gasteiger partial charge in [0.15, 0.2) is 0 Å². The molecule has 0 aliphatic rings. The van der Waals surface area contributed by atoms with Crippen molar-refractivity contribution in [3.05, 3.63) is 52.7 Å². The van der Waals surface area contributed by atoms with Crippen LogP contribution in [-0.4, -0.2) is 12.0 Å². The largest absolute Gasteiger partial charge is 0.369 e. The zero-order valence-corrected chi connectivity index (χ0v) is 11.7. The van der Waals surface area contributed by atoms with Gasteiger partial charge in [-0.05, 0) is 36.4 Å². The van der Waals surface area contributed by atoms with Crippen molar-refractivity contribution in [2.24, 2.45) is 5.84 Å².